The average molecular weight is 493 g/mol. The molecule has 2 aromatic rings. The highest BCUT2D eigenvalue weighted by Crippen LogP contribution is 2.39. The number of carbonyl (C=O) groups excluding carboxylic acids is 3. The molecule has 1 heterocycles. The molecule has 9 nitrogen and oxygen atoms in total. The SMILES string of the molecule is CCOC(=O)c1c(NC(=O)COC(=O)CNS(=O)(=O)/C=C/c2ccccc2)sc2c1CCC2. The Labute approximate surface area is 195 Å². The van der Waals surface area contributed by atoms with Crippen LogP contribution in [-0.4, -0.2) is 46.0 Å². The summed E-state index contributed by atoms with van der Waals surface area (Å²) in [6.45, 7) is 0.667. The van der Waals surface area contributed by atoms with Gasteiger partial charge in [0.05, 0.1) is 12.2 Å². The lowest BCUT2D eigenvalue weighted by molar-refractivity contribution is -0.146. The molecular formula is C22H24N2O7S2. The molecule has 1 aliphatic rings. The van der Waals surface area contributed by atoms with Crippen LogP contribution in [0.4, 0.5) is 5.00 Å². The van der Waals surface area contributed by atoms with Crippen molar-refractivity contribution in [2.45, 2.75) is 26.2 Å². The molecule has 33 heavy (non-hydrogen) atoms. The molecule has 3 rings (SSSR count). The lowest BCUT2D eigenvalue weighted by Crippen LogP contribution is -2.31. The van der Waals surface area contributed by atoms with Gasteiger partial charge in [0, 0.05) is 10.3 Å². The van der Waals surface area contributed by atoms with Crippen LogP contribution in [0.2, 0.25) is 0 Å². The highest BCUT2D eigenvalue weighted by atomic mass is 32.2. The number of nitrogens with one attached hydrogen (secondary N) is 2. The molecule has 0 saturated carbocycles. The van der Waals surface area contributed by atoms with Gasteiger partial charge in [-0.2, -0.15) is 0 Å². The van der Waals surface area contributed by atoms with Crippen LogP contribution >= 0.6 is 11.3 Å². The van der Waals surface area contributed by atoms with Crippen LogP contribution < -0.4 is 10.0 Å². The molecule has 176 valence electrons. The molecule has 0 bridgehead atoms. The number of hydrogen-bond donors (Lipinski definition) is 2. The maximum atomic E-state index is 12.3. The van der Waals surface area contributed by atoms with Crippen LogP contribution in [0.5, 0.6) is 0 Å². The lowest BCUT2D eigenvalue weighted by atomic mass is 10.1. The summed E-state index contributed by atoms with van der Waals surface area (Å²) in [4.78, 5) is 37.5. The predicted octanol–water partition coefficient (Wildman–Crippen LogP) is 2.49. The summed E-state index contributed by atoms with van der Waals surface area (Å²) in [5, 5.41) is 3.90. The van der Waals surface area contributed by atoms with Gasteiger partial charge in [-0.1, -0.05) is 30.3 Å². The van der Waals surface area contributed by atoms with E-state index in [-0.39, 0.29) is 6.61 Å². The van der Waals surface area contributed by atoms with Crippen LogP contribution in [-0.2, 0) is 41.9 Å². The normalized spacial score (nSPS) is 13.0. The second-order valence-electron chi connectivity index (χ2n) is 7.07. The summed E-state index contributed by atoms with van der Waals surface area (Å²) < 4.78 is 36.0. The van der Waals surface area contributed by atoms with E-state index >= 15 is 0 Å². The van der Waals surface area contributed by atoms with Gasteiger partial charge in [0.2, 0.25) is 10.0 Å². The second-order valence-corrected chi connectivity index (χ2v) is 9.83. The number of benzene rings is 1. The van der Waals surface area contributed by atoms with Gasteiger partial charge in [-0.15, -0.1) is 11.3 Å². The molecule has 1 amide bonds. The first-order valence-corrected chi connectivity index (χ1v) is 12.6. The van der Waals surface area contributed by atoms with Gasteiger partial charge >= 0.3 is 11.9 Å². The minimum Gasteiger partial charge on any atom is -0.462 e. The summed E-state index contributed by atoms with van der Waals surface area (Å²) in [6.07, 6.45) is 3.90. The zero-order valence-electron chi connectivity index (χ0n) is 18.0. The van der Waals surface area contributed by atoms with Crippen molar-refractivity contribution in [2.75, 3.05) is 25.1 Å². The lowest BCUT2D eigenvalue weighted by Gasteiger charge is -2.09. The van der Waals surface area contributed by atoms with E-state index in [9.17, 15) is 22.8 Å². The number of fused-ring (bicyclic) bond motifs is 1. The molecule has 0 fully saturated rings. The highest BCUT2D eigenvalue weighted by Gasteiger charge is 2.28. The Morgan fingerprint density at radius 1 is 1.12 bits per heavy atom. The first-order chi connectivity index (χ1) is 15.8. The second kappa shape index (κ2) is 11.2. The fraction of sp³-hybridized carbons (Fsp3) is 0.318. The number of sulfonamides is 1. The number of carbonyl (C=O) groups is 3. The van der Waals surface area contributed by atoms with E-state index in [0.717, 1.165) is 35.1 Å². The maximum Gasteiger partial charge on any atom is 0.341 e. The van der Waals surface area contributed by atoms with Crippen molar-refractivity contribution in [2.24, 2.45) is 0 Å². The fourth-order valence-corrected chi connectivity index (χ4v) is 5.26. The minimum absolute atomic E-state index is 0.213. The van der Waals surface area contributed by atoms with Gasteiger partial charge in [0.1, 0.15) is 11.5 Å². The highest BCUT2D eigenvalue weighted by molar-refractivity contribution is 7.92. The number of ether oxygens (including phenoxy) is 2. The number of thiophene rings is 1. The van der Waals surface area contributed by atoms with Gasteiger partial charge in [0.25, 0.3) is 5.91 Å². The Balaban J connectivity index is 1.50. The first-order valence-electron chi connectivity index (χ1n) is 10.3. The van der Waals surface area contributed by atoms with Crippen molar-refractivity contribution in [3.63, 3.8) is 0 Å². The zero-order chi connectivity index (χ0) is 23.8. The van der Waals surface area contributed by atoms with E-state index in [0.29, 0.717) is 16.1 Å². The molecule has 1 aromatic carbocycles. The standard InChI is InChI=1S/C22H24N2O7S2/c1-2-30-22(27)20-16-9-6-10-17(16)32-21(20)24-18(25)14-31-19(26)13-23-33(28,29)12-11-15-7-4-3-5-8-15/h3-5,7-8,11-12,23H,2,6,9-10,13-14H2,1H3,(H,24,25)/b12-11+. The van der Waals surface area contributed by atoms with Crippen LogP contribution in [0.1, 0.15) is 39.7 Å². The third kappa shape index (κ3) is 6.98. The molecule has 2 N–H and O–H groups in total. The molecule has 0 atom stereocenters. The average Bonchev–Trinajstić information content (AvgIpc) is 3.37. The number of esters is 2. The van der Waals surface area contributed by atoms with E-state index < -0.39 is 41.0 Å². The van der Waals surface area contributed by atoms with Crippen molar-refractivity contribution in [1.29, 1.82) is 0 Å². The summed E-state index contributed by atoms with van der Waals surface area (Å²) in [6, 6.07) is 8.80. The Hall–Kier alpha value is -3.02. The molecule has 0 spiro atoms. The van der Waals surface area contributed by atoms with Gasteiger partial charge in [0.15, 0.2) is 6.61 Å². The summed E-state index contributed by atoms with van der Waals surface area (Å²) >= 11 is 1.31. The van der Waals surface area contributed by atoms with Crippen LogP contribution in [0.25, 0.3) is 6.08 Å². The predicted molar refractivity (Wildman–Crippen MR) is 124 cm³/mol. The van der Waals surface area contributed by atoms with E-state index in [1.807, 2.05) is 0 Å². The van der Waals surface area contributed by atoms with Crippen molar-refractivity contribution < 1.29 is 32.3 Å². The van der Waals surface area contributed by atoms with Crippen LogP contribution in [0.15, 0.2) is 35.7 Å². The molecule has 1 aromatic heterocycles. The maximum absolute atomic E-state index is 12.3. The molecule has 0 radical (unpaired) electrons. The smallest absolute Gasteiger partial charge is 0.341 e. The molecule has 0 saturated heterocycles. The van der Waals surface area contributed by atoms with Crippen LogP contribution in [0.3, 0.4) is 0 Å². The monoisotopic (exact) mass is 492 g/mol. The summed E-state index contributed by atoms with van der Waals surface area (Å²) in [5.74, 6) is -2.05. The van der Waals surface area contributed by atoms with E-state index in [4.69, 9.17) is 9.47 Å². The number of amides is 1. The Bertz CT molecular complexity index is 1150. The third-order valence-corrected chi connectivity index (χ3v) is 6.92. The number of aryl methyl sites for hydroxylation is 1. The zero-order valence-corrected chi connectivity index (χ0v) is 19.6. The van der Waals surface area contributed by atoms with Crippen molar-refractivity contribution in [3.05, 3.63) is 57.3 Å². The largest absolute Gasteiger partial charge is 0.462 e. The molecule has 0 unspecified atom stereocenters. The third-order valence-electron chi connectivity index (χ3n) is 4.67. The first kappa shape index (κ1) is 24.6. The molecule has 0 aliphatic heterocycles. The van der Waals surface area contributed by atoms with Crippen molar-refractivity contribution >= 4 is 50.3 Å². The Kier molecular flexibility index (Phi) is 8.37. The molecular weight excluding hydrogens is 468 g/mol. The van der Waals surface area contributed by atoms with Gasteiger partial charge in [-0.05, 0) is 43.4 Å². The van der Waals surface area contributed by atoms with Crippen LogP contribution in [0, 0.1) is 0 Å². The number of anilines is 1. The molecule has 11 heteroatoms. The number of rotatable bonds is 10. The minimum atomic E-state index is -3.86. The Morgan fingerprint density at radius 2 is 1.88 bits per heavy atom. The Morgan fingerprint density at radius 3 is 2.61 bits per heavy atom. The van der Waals surface area contributed by atoms with E-state index in [1.54, 1.807) is 37.3 Å². The van der Waals surface area contributed by atoms with Gasteiger partial charge in [-0.25, -0.2) is 17.9 Å². The fourth-order valence-electron chi connectivity index (χ4n) is 3.21. The van der Waals surface area contributed by atoms with E-state index in [2.05, 4.69) is 10.0 Å². The summed E-state index contributed by atoms with van der Waals surface area (Å²) in [7, 11) is -3.86. The van der Waals surface area contributed by atoms with Crippen molar-refractivity contribution in [3.8, 4) is 0 Å². The summed E-state index contributed by atoms with van der Waals surface area (Å²) in [5.41, 5.74) is 1.93. The van der Waals surface area contributed by atoms with Gasteiger partial charge < -0.3 is 14.8 Å². The number of hydrogen-bond acceptors (Lipinski definition) is 8. The van der Waals surface area contributed by atoms with Crippen molar-refractivity contribution in [1.82, 2.24) is 4.72 Å². The van der Waals surface area contributed by atoms with E-state index in [1.165, 1.54) is 17.4 Å². The van der Waals surface area contributed by atoms with Gasteiger partial charge in [-0.3, -0.25) is 9.59 Å². The topological polar surface area (TPSA) is 128 Å². The molecule has 1 aliphatic carbocycles. The quantitative estimate of drug-likeness (QED) is 0.488.